The smallest absolute Gasteiger partial charge is 0.0471 e. The van der Waals surface area contributed by atoms with Crippen LogP contribution < -0.4 is 0 Å². The van der Waals surface area contributed by atoms with Crippen LogP contribution in [0.1, 0.15) is 12.8 Å². The first kappa shape index (κ1) is 15.1. The topological polar surface area (TPSA) is 0 Å². The lowest BCUT2D eigenvalue weighted by Crippen LogP contribution is -2.32. The highest BCUT2D eigenvalue weighted by Crippen LogP contribution is 2.42. The van der Waals surface area contributed by atoms with Crippen molar-refractivity contribution >= 4 is 55.1 Å². The molecule has 0 aromatic heterocycles. The number of hydrogen-bond donors (Lipinski definition) is 0. The number of allylic oxidation sites excluding steroid dienone is 4. The first-order valence-electron chi connectivity index (χ1n) is 5.36. The maximum Gasteiger partial charge on any atom is 0.0471 e. The predicted octanol–water partition coefficient (Wildman–Crippen LogP) is 5.13. The van der Waals surface area contributed by atoms with Crippen LogP contribution in [0, 0.1) is 11.3 Å². The van der Waals surface area contributed by atoms with Gasteiger partial charge in [0, 0.05) is 27.8 Å². The fourth-order valence-electron chi connectivity index (χ4n) is 2.18. The molecule has 0 aromatic carbocycles. The van der Waals surface area contributed by atoms with Crippen molar-refractivity contribution in [2.24, 2.45) is 11.3 Å². The van der Waals surface area contributed by atoms with E-state index in [0.717, 1.165) is 23.5 Å². The molecule has 16 heavy (non-hydrogen) atoms. The third-order valence-corrected chi connectivity index (χ3v) is 4.80. The Morgan fingerprint density at radius 1 is 1.25 bits per heavy atom. The van der Waals surface area contributed by atoms with Gasteiger partial charge in [-0.1, -0.05) is 50.1 Å². The molecule has 0 saturated carbocycles. The van der Waals surface area contributed by atoms with Gasteiger partial charge in [0.1, 0.15) is 0 Å². The predicted molar refractivity (Wildman–Crippen MR) is 81.4 cm³/mol. The standard InChI is InChI=1S/C12H16Br2Cl2/c13-5-3-11-2-1-10(8-15)7-12(11,9-16)4-6-14/h1-2,7,11H,3-6,8-9H2. The van der Waals surface area contributed by atoms with E-state index < -0.39 is 0 Å². The third kappa shape index (κ3) is 3.51. The molecule has 0 nitrogen and oxygen atoms in total. The lowest BCUT2D eigenvalue weighted by Gasteiger charge is -2.38. The van der Waals surface area contributed by atoms with Crippen LogP contribution in [0.5, 0.6) is 0 Å². The van der Waals surface area contributed by atoms with Gasteiger partial charge in [-0.15, -0.1) is 23.2 Å². The summed E-state index contributed by atoms with van der Waals surface area (Å²) >= 11 is 19.2. The Bertz CT molecular complexity index is 276. The van der Waals surface area contributed by atoms with Gasteiger partial charge >= 0.3 is 0 Å². The normalized spacial score (nSPS) is 29.2. The average molecular weight is 391 g/mol. The van der Waals surface area contributed by atoms with E-state index in [-0.39, 0.29) is 5.41 Å². The van der Waals surface area contributed by atoms with Crippen LogP contribution in [-0.2, 0) is 0 Å². The Balaban J connectivity index is 2.94. The van der Waals surface area contributed by atoms with Crippen molar-refractivity contribution in [3.63, 3.8) is 0 Å². The minimum absolute atomic E-state index is 0.0673. The summed E-state index contributed by atoms with van der Waals surface area (Å²) < 4.78 is 0. The summed E-state index contributed by atoms with van der Waals surface area (Å²) in [7, 11) is 0. The SMILES string of the molecule is ClCC1=CC(CCl)(CCBr)C(CCBr)C=C1. The first-order chi connectivity index (χ1) is 7.72. The summed E-state index contributed by atoms with van der Waals surface area (Å²) in [6, 6.07) is 0. The number of hydrogen-bond acceptors (Lipinski definition) is 0. The molecule has 0 fully saturated rings. The van der Waals surface area contributed by atoms with Gasteiger partial charge < -0.3 is 0 Å². The van der Waals surface area contributed by atoms with Gasteiger partial charge in [0.2, 0.25) is 0 Å². The lowest BCUT2D eigenvalue weighted by atomic mass is 9.70. The molecular weight excluding hydrogens is 375 g/mol. The van der Waals surface area contributed by atoms with Crippen LogP contribution in [-0.4, -0.2) is 22.4 Å². The van der Waals surface area contributed by atoms with Crippen molar-refractivity contribution in [3.05, 3.63) is 23.8 Å². The van der Waals surface area contributed by atoms with Crippen molar-refractivity contribution < 1.29 is 0 Å². The summed E-state index contributed by atoms with van der Waals surface area (Å²) in [6.45, 7) is 0. The van der Waals surface area contributed by atoms with Crippen LogP contribution in [0.4, 0.5) is 0 Å². The monoisotopic (exact) mass is 388 g/mol. The highest BCUT2D eigenvalue weighted by atomic mass is 79.9. The fourth-order valence-corrected chi connectivity index (χ4v) is 3.98. The van der Waals surface area contributed by atoms with E-state index in [1.54, 1.807) is 0 Å². The van der Waals surface area contributed by atoms with Gasteiger partial charge in [-0.05, 0) is 24.3 Å². The lowest BCUT2D eigenvalue weighted by molar-refractivity contribution is 0.294. The van der Waals surface area contributed by atoms with Crippen molar-refractivity contribution in [3.8, 4) is 0 Å². The van der Waals surface area contributed by atoms with Gasteiger partial charge in [-0.3, -0.25) is 0 Å². The second kappa shape index (κ2) is 7.45. The number of rotatable bonds is 6. The minimum atomic E-state index is 0.0673. The molecule has 0 aromatic rings. The Kier molecular flexibility index (Phi) is 7.02. The molecule has 0 bridgehead atoms. The molecule has 1 aliphatic carbocycles. The van der Waals surface area contributed by atoms with Crippen LogP contribution in [0.25, 0.3) is 0 Å². The van der Waals surface area contributed by atoms with Crippen LogP contribution in [0.3, 0.4) is 0 Å². The maximum absolute atomic E-state index is 6.21. The molecule has 0 radical (unpaired) electrons. The molecule has 1 rings (SSSR count). The second-order valence-corrected chi connectivity index (χ2v) is 6.22. The van der Waals surface area contributed by atoms with Crippen molar-refractivity contribution in [1.29, 1.82) is 0 Å². The van der Waals surface area contributed by atoms with E-state index in [9.17, 15) is 0 Å². The highest BCUT2D eigenvalue weighted by molar-refractivity contribution is 9.09. The fraction of sp³-hybridized carbons (Fsp3) is 0.667. The van der Waals surface area contributed by atoms with E-state index >= 15 is 0 Å². The molecule has 0 N–H and O–H groups in total. The van der Waals surface area contributed by atoms with E-state index in [0.29, 0.717) is 17.7 Å². The zero-order valence-electron chi connectivity index (χ0n) is 9.06. The molecule has 0 amide bonds. The van der Waals surface area contributed by atoms with Crippen molar-refractivity contribution in [2.45, 2.75) is 12.8 Å². The second-order valence-electron chi connectivity index (χ2n) is 4.10. The Morgan fingerprint density at radius 3 is 2.50 bits per heavy atom. The highest BCUT2D eigenvalue weighted by Gasteiger charge is 2.35. The zero-order chi connectivity index (χ0) is 12.0. The average Bonchev–Trinajstić information content (AvgIpc) is 2.32. The molecule has 1 aliphatic rings. The molecule has 0 heterocycles. The molecular formula is C12H16Br2Cl2. The maximum atomic E-state index is 6.21. The Morgan fingerprint density at radius 2 is 2.00 bits per heavy atom. The summed E-state index contributed by atoms with van der Waals surface area (Å²) in [4.78, 5) is 0. The Labute approximate surface area is 125 Å². The van der Waals surface area contributed by atoms with Crippen molar-refractivity contribution in [2.75, 3.05) is 22.4 Å². The number of alkyl halides is 4. The molecule has 92 valence electrons. The first-order valence-corrected chi connectivity index (χ1v) is 8.67. The van der Waals surface area contributed by atoms with E-state index in [2.05, 4.69) is 50.1 Å². The quantitative estimate of drug-likeness (QED) is 0.551. The zero-order valence-corrected chi connectivity index (χ0v) is 13.7. The molecule has 0 spiro atoms. The molecule has 0 saturated heterocycles. The van der Waals surface area contributed by atoms with E-state index in [1.165, 1.54) is 5.57 Å². The number of halogens is 4. The molecule has 4 heteroatoms. The van der Waals surface area contributed by atoms with Gasteiger partial charge in [-0.2, -0.15) is 0 Å². The molecule has 2 unspecified atom stereocenters. The summed E-state index contributed by atoms with van der Waals surface area (Å²) in [6.07, 6.45) is 8.85. The van der Waals surface area contributed by atoms with Gasteiger partial charge in [-0.25, -0.2) is 0 Å². The van der Waals surface area contributed by atoms with Crippen LogP contribution in [0.2, 0.25) is 0 Å². The summed E-state index contributed by atoms with van der Waals surface area (Å²) in [5.74, 6) is 1.73. The Hall–Kier alpha value is 1.02. The van der Waals surface area contributed by atoms with Gasteiger partial charge in [0.05, 0.1) is 0 Å². The van der Waals surface area contributed by atoms with Crippen LogP contribution >= 0.6 is 55.1 Å². The largest absolute Gasteiger partial charge is 0.126 e. The summed E-state index contributed by atoms with van der Waals surface area (Å²) in [5, 5.41) is 1.98. The van der Waals surface area contributed by atoms with E-state index in [1.807, 2.05) is 0 Å². The van der Waals surface area contributed by atoms with Gasteiger partial charge in [0.25, 0.3) is 0 Å². The molecule has 0 aliphatic heterocycles. The minimum Gasteiger partial charge on any atom is -0.126 e. The van der Waals surface area contributed by atoms with E-state index in [4.69, 9.17) is 23.2 Å². The van der Waals surface area contributed by atoms with Crippen LogP contribution in [0.15, 0.2) is 23.8 Å². The van der Waals surface area contributed by atoms with Crippen molar-refractivity contribution in [1.82, 2.24) is 0 Å². The third-order valence-electron chi connectivity index (χ3n) is 3.14. The van der Waals surface area contributed by atoms with Gasteiger partial charge in [0.15, 0.2) is 0 Å². The summed E-state index contributed by atoms with van der Waals surface area (Å²) in [5.41, 5.74) is 1.26. The molecule has 2 atom stereocenters.